The third-order valence-corrected chi connectivity index (χ3v) is 4.90. The molecule has 144 valence electrons. The summed E-state index contributed by atoms with van der Waals surface area (Å²) >= 11 is 0. The largest absolute Gasteiger partial charge is 1.00 e. The molecule has 5 N–H and O–H groups in total. The van der Waals surface area contributed by atoms with Crippen LogP contribution in [-0.2, 0) is 16.6 Å². The second kappa shape index (κ2) is 11.2. The van der Waals surface area contributed by atoms with E-state index in [9.17, 15) is 4.21 Å². The van der Waals surface area contributed by atoms with E-state index in [0.29, 0.717) is 22.2 Å². The zero-order chi connectivity index (χ0) is 17.3. The minimum Gasteiger partial charge on any atom is -1.00 e. The third-order valence-electron chi connectivity index (χ3n) is 3.74. The molecular weight excluding hydrogens is 399 g/mol. The number of aromatic amines is 1. The molecule has 0 aromatic carbocycles. The van der Waals surface area contributed by atoms with Crippen LogP contribution in [0.15, 0.2) is 23.5 Å². The fourth-order valence-corrected chi connectivity index (χ4v) is 3.57. The van der Waals surface area contributed by atoms with E-state index in [-0.39, 0.29) is 69.5 Å². The molecule has 0 aliphatic rings. The summed E-state index contributed by atoms with van der Waals surface area (Å²) < 4.78 is 23.1. The molecule has 3 aromatic rings. The van der Waals surface area contributed by atoms with Gasteiger partial charge in [-0.05, 0) is 19.9 Å². The number of ether oxygens (including phenoxy) is 2. The first-order chi connectivity index (χ1) is 11.5. The van der Waals surface area contributed by atoms with Gasteiger partial charge in [-0.2, -0.15) is 4.98 Å². The van der Waals surface area contributed by atoms with Crippen molar-refractivity contribution in [2.75, 3.05) is 14.2 Å². The Labute approximate surface area is 203 Å². The smallest absolute Gasteiger partial charge is 1.00 e. The number of nitrogens with one attached hydrogen (secondary N) is 1. The number of rotatable bonds is 5. The van der Waals surface area contributed by atoms with Crippen molar-refractivity contribution in [1.29, 1.82) is 0 Å². The van der Waals surface area contributed by atoms with Crippen molar-refractivity contribution in [1.82, 2.24) is 19.9 Å². The van der Waals surface area contributed by atoms with Gasteiger partial charge in [0.15, 0.2) is 10.8 Å². The number of fused-ring (bicyclic) bond motifs is 1. The van der Waals surface area contributed by atoms with Crippen LogP contribution in [-0.4, -0.2) is 49.3 Å². The van der Waals surface area contributed by atoms with Gasteiger partial charge in [-0.1, -0.05) is 0 Å². The molecule has 0 saturated heterocycles. The SMILES string of the molecule is COc1ccc2[nH]c(S(=O)Cc3ncc(C)c(OC)c3C)nc2n1.O.O.[H-].[K+]. The summed E-state index contributed by atoms with van der Waals surface area (Å²) in [5, 5.41) is 0.367. The molecule has 11 heteroatoms. The summed E-state index contributed by atoms with van der Waals surface area (Å²) in [6.45, 7) is 3.84. The summed E-state index contributed by atoms with van der Waals surface area (Å²) in [5.74, 6) is 1.49. The van der Waals surface area contributed by atoms with Crippen LogP contribution in [0.25, 0.3) is 11.2 Å². The van der Waals surface area contributed by atoms with E-state index in [1.165, 1.54) is 0 Å². The second-order valence-electron chi connectivity index (χ2n) is 5.30. The van der Waals surface area contributed by atoms with E-state index in [0.717, 1.165) is 22.6 Å². The number of pyridine rings is 2. The quantitative estimate of drug-likeness (QED) is 0.459. The molecule has 27 heavy (non-hydrogen) atoms. The van der Waals surface area contributed by atoms with Gasteiger partial charge in [-0.3, -0.25) is 9.19 Å². The molecule has 1 unspecified atom stereocenters. The summed E-state index contributed by atoms with van der Waals surface area (Å²) in [6, 6.07) is 3.52. The third kappa shape index (κ3) is 5.54. The van der Waals surface area contributed by atoms with E-state index in [1.54, 1.807) is 32.5 Å². The van der Waals surface area contributed by atoms with Crippen LogP contribution in [0.5, 0.6) is 11.6 Å². The molecule has 0 fully saturated rings. The van der Waals surface area contributed by atoms with Gasteiger partial charge in [0.05, 0.1) is 42.0 Å². The van der Waals surface area contributed by atoms with Crippen LogP contribution in [0.2, 0.25) is 0 Å². The van der Waals surface area contributed by atoms with Crippen LogP contribution in [0, 0.1) is 13.8 Å². The number of hydrogen-bond donors (Lipinski definition) is 1. The number of nitrogens with zero attached hydrogens (tertiary/aromatic N) is 3. The standard InChI is InChI=1S/C16H18N4O3S.K.2H2O.H/c1-9-7-17-12(10(2)14(9)23-4)8-24(21)16-18-11-5-6-13(22-3)19-15(11)20-16;;;;/h5-7H,8H2,1-4H3,(H,18,19,20);;2*1H2;/q;+1;;;-1. The number of imidazole rings is 1. The Morgan fingerprint density at radius 3 is 2.48 bits per heavy atom. The van der Waals surface area contributed by atoms with Gasteiger partial charge in [0, 0.05) is 23.4 Å². The molecule has 1 atom stereocenters. The van der Waals surface area contributed by atoms with Crippen LogP contribution >= 0.6 is 0 Å². The zero-order valence-electron chi connectivity index (χ0n) is 16.9. The van der Waals surface area contributed by atoms with Crippen molar-refractivity contribution in [3.05, 3.63) is 35.2 Å². The topological polar surface area (TPSA) is 153 Å². The van der Waals surface area contributed by atoms with Crippen molar-refractivity contribution in [3.63, 3.8) is 0 Å². The minimum atomic E-state index is -1.37. The van der Waals surface area contributed by atoms with E-state index in [1.807, 2.05) is 13.8 Å². The molecule has 0 aliphatic heterocycles. The van der Waals surface area contributed by atoms with Crippen molar-refractivity contribution < 1.29 is 77.4 Å². The van der Waals surface area contributed by atoms with E-state index in [4.69, 9.17) is 9.47 Å². The molecule has 0 amide bonds. The molecule has 3 aromatic heterocycles. The number of aromatic nitrogens is 4. The molecule has 3 rings (SSSR count). The second-order valence-corrected chi connectivity index (χ2v) is 6.67. The Bertz CT molecular complexity index is 941. The number of aryl methyl sites for hydroxylation is 1. The fourth-order valence-electron chi connectivity index (χ4n) is 2.48. The summed E-state index contributed by atoms with van der Waals surface area (Å²) in [7, 11) is 1.79. The summed E-state index contributed by atoms with van der Waals surface area (Å²) in [6.07, 6.45) is 1.73. The number of methoxy groups -OCH3 is 2. The first kappa shape index (κ1) is 26.1. The van der Waals surface area contributed by atoms with Gasteiger partial charge in [0.25, 0.3) is 0 Å². The molecular formula is C16H23KN4O5S. The Kier molecular flexibility index (Phi) is 10.8. The first-order valence-corrected chi connectivity index (χ1v) is 8.63. The summed E-state index contributed by atoms with van der Waals surface area (Å²) in [4.78, 5) is 15.9. The molecule has 0 saturated carbocycles. The van der Waals surface area contributed by atoms with Gasteiger partial charge in [-0.25, -0.2) is 4.98 Å². The number of H-pyrrole nitrogens is 1. The number of hydrogen-bond acceptors (Lipinski definition) is 6. The Morgan fingerprint density at radius 2 is 1.85 bits per heavy atom. The van der Waals surface area contributed by atoms with Gasteiger partial charge < -0.3 is 26.8 Å². The van der Waals surface area contributed by atoms with E-state index >= 15 is 0 Å². The Morgan fingerprint density at radius 1 is 1.15 bits per heavy atom. The molecule has 3 heterocycles. The normalized spacial score (nSPS) is 11.0. The zero-order valence-corrected chi connectivity index (χ0v) is 19.9. The van der Waals surface area contributed by atoms with Crippen molar-refractivity contribution >= 4 is 22.0 Å². The maximum atomic E-state index is 12.7. The molecule has 0 aliphatic carbocycles. The predicted octanol–water partition coefficient (Wildman–Crippen LogP) is -2.24. The molecule has 9 nitrogen and oxygen atoms in total. The predicted molar refractivity (Wildman–Crippen MR) is 99.2 cm³/mol. The van der Waals surface area contributed by atoms with Crippen LogP contribution < -0.4 is 60.9 Å². The maximum absolute atomic E-state index is 12.7. The average molecular weight is 423 g/mol. The van der Waals surface area contributed by atoms with Crippen LogP contribution in [0.4, 0.5) is 0 Å². The maximum Gasteiger partial charge on any atom is 1.00 e. The minimum absolute atomic E-state index is 0. The molecule has 0 radical (unpaired) electrons. The van der Waals surface area contributed by atoms with E-state index < -0.39 is 10.8 Å². The van der Waals surface area contributed by atoms with E-state index in [2.05, 4.69) is 19.9 Å². The van der Waals surface area contributed by atoms with Crippen LogP contribution in [0.3, 0.4) is 0 Å². The van der Waals surface area contributed by atoms with Crippen molar-refractivity contribution in [2.24, 2.45) is 0 Å². The van der Waals surface area contributed by atoms with Gasteiger partial charge >= 0.3 is 51.4 Å². The molecule has 0 spiro atoms. The summed E-state index contributed by atoms with van der Waals surface area (Å²) in [5.41, 5.74) is 3.75. The monoisotopic (exact) mass is 422 g/mol. The van der Waals surface area contributed by atoms with Gasteiger partial charge in [-0.15, -0.1) is 0 Å². The van der Waals surface area contributed by atoms with Gasteiger partial charge in [0.1, 0.15) is 5.75 Å². The van der Waals surface area contributed by atoms with Gasteiger partial charge in [0.2, 0.25) is 5.88 Å². The Hall–Kier alpha value is -0.924. The van der Waals surface area contributed by atoms with Crippen molar-refractivity contribution in [3.8, 4) is 11.6 Å². The van der Waals surface area contributed by atoms with Crippen LogP contribution in [0.1, 0.15) is 18.2 Å². The van der Waals surface area contributed by atoms with Crippen molar-refractivity contribution in [2.45, 2.75) is 24.8 Å². The molecule has 0 bridgehead atoms. The average Bonchev–Trinajstić information content (AvgIpc) is 3.01. The Balaban J connectivity index is 0. The fraction of sp³-hybridized carbons (Fsp3) is 0.312. The first-order valence-electron chi connectivity index (χ1n) is 7.31.